The van der Waals surface area contributed by atoms with E-state index in [2.05, 4.69) is 0 Å². The van der Waals surface area contributed by atoms with Crippen LogP contribution in [0.2, 0.25) is 0 Å². The van der Waals surface area contributed by atoms with Gasteiger partial charge in [0.25, 0.3) is 0 Å². The lowest BCUT2D eigenvalue weighted by atomic mass is 9.59. The minimum atomic E-state index is -1.79. The first-order valence-corrected chi connectivity index (χ1v) is 15.5. The van der Waals surface area contributed by atoms with Crippen molar-refractivity contribution in [3.05, 3.63) is 144 Å². The molecule has 6 rings (SSSR count). The van der Waals surface area contributed by atoms with Crippen molar-refractivity contribution in [2.75, 3.05) is 6.61 Å². The van der Waals surface area contributed by atoms with E-state index in [1.54, 1.807) is 0 Å². The fourth-order valence-electron chi connectivity index (χ4n) is 6.20. The summed E-state index contributed by atoms with van der Waals surface area (Å²) in [4.78, 5) is 12.9. The van der Waals surface area contributed by atoms with Crippen molar-refractivity contribution in [3.63, 3.8) is 0 Å². The van der Waals surface area contributed by atoms with E-state index in [0.717, 1.165) is 22.3 Å². The molecule has 6 atom stereocenters. The van der Waals surface area contributed by atoms with Gasteiger partial charge in [-0.2, -0.15) is 0 Å². The van der Waals surface area contributed by atoms with E-state index in [4.69, 9.17) is 23.7 Å². The molecule has 1 saturated carbocycles. The summed E-state index contributed by atoms with van der Waals surface area (Å²) in [7, 11) is 0. The average Bonchev–Trinajstić information content (AvgIpc) is 3.08. The molecule has 1 aliphatic carbocycles. The quantitative estimate of drug-likeness (QED) is 0.205. The van der Waals surface area contributed by atoms with Crippen LogP contribution in [-0.4, -0.2) is 53.1 Å². The highest BCUT2D eigenvalue weighted by Crippen LogP contribution is 2.52. The largest absolute Gasteiger partial charge is 0.379 e. The first-order chi connectivity index (χ1) is 22.0. The smallest absolute Gasteiger partial charge is 0.170 e. The minimum Gasteiger partial charge on any atom is -0.379 e. The topological polar surface area (TPSA) is 83.5 Å². The van der Waals surface area contributed by atoms with Gasteiger partial charge in [0.2, 0.25) is 0 Å². The van der Waals surface area contributed by atoms with E-state index in [1.165, 1.54) is 6.92 Å². The van der Waals surface area contributed by atoms with Crippen molar-refractivity contribution in [2.45, 2.75) is 75.4 Å². The Balaban J connectivity index is 1.34. The summed E-state index contributed by atoms with van der Waals surface area (Å²) in [5.74, 6) is -0.301. The number of Topliss-reactive ketones (excluding diaryl/α,β-unsaturated/α-hetero) is 1. The summed E-state index contributed by atoms with van der Waals surface area (Å²) in [5.41, 5.74) is 0.816. The summed E-state index contributed by atoms with van der Waals surface area (Å²) in [6, 6.07) is 39.5. The molecule has 4 aromatic carbocycles. The van der Waals surface area contributed by atoms with Gasteiger partial charge in [-0.3, -0.25) is 4.79 Å². The molecule has 7 heteroatoms. The Morgan fingerprint density at radius 2 is 1.07 bits per heavy atom. The van der Waals surface area contributed by atoms with Crippen LogP contribution in [0.1, 0.15) is 35.6 Å². The lowest BCUT2D eigenvalue weighted by molar-refractivity contribution is -0.353. The number of carbonyl (C=O) groups is 1. The van der Waals surface area contributed by atoms with Crippen LogP contribution in [0.4, 0.5) is 0 Å². The molecule has 2 aliphatic rings. The predicted molar refractivity (Wildman–Crippen MR) is 169 cm³/mol. The Morgan fingerprint density at radius 3 is 1.51 bits per heavy atom. The van der Waals surface area contributed by atoms with E-state index < -0.39 is 35.6 Å². The summed E-state index contributed by atoms with van der Waals surface area (Å²) in [6.07, 6.45) is -2.82. The second-order valence-corrected chi connectivity index (χ2v) is 12.0. The molecular weight excluding hydrogens is 568 g/mol. The summed E-state index contributed by atoms with van der Waals surface area (Å²) in [5, 5.41) is 11.7. The number of benzene rings is 4. The van der Waals surface area contributed by atoms with Crippen molar-refractivity contribution in [3.8, 4) is 0 Å². The van der Waals surface area contributed by atoms with Crippen molar-refractivity contribution >= 4 is 5.78 Å². The molecule has 4 unspecified atom stereocenters. The number of carbonyl (C=O) groups excluding carboxylic acids is 1. The van der Waals surface area contributed by atoms with Gasteiger partial charge < -0.3 is 28.8 Å². The standard InChI is InChI=1S/C38H40O7/c1-37(40)33(39)22-38(37)36(44-26-31-20-12-5-13-21-31)35(43-25-30-18-10-4-11-19-30)34(42-24-29-16-8-3-9-17-29)32(45-38)27-41-23-28-14-6-2-7-15-28/h2-21,32,34-36,40H,22-27H2,1H3/t32?,34-,35?,36?,37?,38-/m1/s1. The van der Waals surface area contributed by atoms with Gasteiger partial charge in [0, 0.05) is 6.42 Å². The van der Waals surface area contributed by atoms with Crippen LogP contribution in [0.3, 0.4) is 0 Å². The lowest BCUT2D eigenvalue weighted by Crippen LogP contribution is -2.81. The Morgan fingerprint density at radius 1 is 0.644 bits per heavy atom. The highest BCUT2D eigenvalue weighted by molar-refractivity contribution is 5.96. The molecule has 0 bridgehead atoms. The van der Waals surface area contributed by atoms with Crippen LogP contribution < -0.4 is 0 Å². The Labute approximate surface area is 264 Å². The SMILES string of the molecule is CC1(O)C(=O)C[C@]12OC(COCc1ccccc1)[C@@H](OCc1ccccc1)C(OCc1ccccc1)C2OCc1ccccc1. The number of aliphatic hydroxyl groups is 1. The molecule has 1 aliphatic heterocycles. The van der Waals surface area contributed by atoms with Gasteiger partial charge in [0.15, 0.2) is 11.4 Å². The van der Waals surface area contributed by atoms with E-state index in [0.29, 0.717) is 13.2 Å². The maximum absolute atomic E-state index is 12.9. The van der Waals surface area contributed by atoms with E-state index in [-0.39, 0.29) is 32.0 Å². The number of rotatable bonds is 13. The fourth-order valence-corrected chi connectivity index (χ4v) is 6.20. The van der Waals surface area contributed by atoms with E-state index in [9.17, 15) is 9.90 Å². The van der Waals surface area contributed by atoms with Gasteiger partial charge in [-0.15, -0.1) is 0 Å². The molecule has 4 aromatic rings. The van der Waals surface area contributed by atoms with Gasteiger partial charge in [-0.05, 0) is 29.2 Å². The van der Waals surface area contributed by atoms with Crippen molar-refractivity contribution in [2.24, 2.45) is 0 Å². The second kappa shape index (κ2) is 14.2. The van der Waals surface area contributed by atoms with Crippen molar-refractivity contribution in [1.29, 1.82) is 0 Å². The number of ether oxygens (including phenoxy) is 5. The van der Waals surface area contributed by atoms with Crippen LogP contribution in [-0.2, 0) is 54.9 Å². The molecule has 45 heavy (non-hydrogen) atoms. The molecular formula is C38H40O7. The Hall–Kier alpha value is -3.69. The third-order valence-corrected chi connectivity index (χ3v) is 8.84. The summed E-state index contributed by atoms with van der Waals surface area (Å²) < 4.78 is 33.0. The maximum Gasteiger partial charge on any atom is 0.170 e. The Bertz CT molecular complexity index is 1500. The predicted octanol–water partition coefficient (Wildman–Crippen LogP) is 5.82. The third kappa shape index (κ3) is 6.94. The third-order valence-electron chi connectivity index (χ3n) is 8.84. The summed E-state index contributed by atoms with van der Waals surface area (Å²) >= 11 is 0. The molecule has 1 saturated heterocycles. The van der Waals surface area contributed by atoms with Crippen LogP contribution in [0.5, 0.6) is 0 Å². The monoisotopic (exact) mass is 608 g/mol. The average molecular weight is 609 g/mol. The van der Waals surface area contributed by atoms with Crippen LogP contribution in [0.15, 0.2) is 121 Å². The molecule has 1 N–H and O–H groups in total. The molecule has 7 nitrogen and oxygen atoms in total. The van der Waals surface area contributed by atoms with Crippen LogP contribution >= 0.6 is 0 Å². The highest BCUT2D eigenvalue weighted by Gasteiger charge is 2.73. The minimum absolute atomic E-state index is 0.00869. The molecule has 0 radical (unpaired) electrons. The molecule has 0 amide bonds. The Kier molecular flexibility index (Phi) is 9.85. The van der Waals surface area contributed by atoms with Gasteiger partial charge in [0.1, 0.15) is 30.0 Å². The zero-order valence-electron chi connectivity index (χ0n) is 25.5. The first kappa shape index (κ1) is 31.3. The maximum atomic E-state index is 12.9. The molecule has 234 valence electrons. The second-order valence-electron chi connectivity index (χ2n) is 12.0. The van der Waals surface area contributed by atoms with Crippen LogP contribution in [0.25, 0.3) is 0 Å². The van der Waals surface area contributed by atoms with E-state index >= 15 is 0 Å². The number of ketones is 1. The molecule has 1 heterocycles. The number of hydrogen-bond donors (Lipinski definition) is 1. The fraction of sp³-hybridized carbons (Fsp3) is 0.342. The first-order valence-electron chi connectivity index (χ1n) is 15.5. The lowest BCUT2D eigenvalue weighted by Gasteiger charge is -2.61. The molecule has 1 spiro atoms. The number of hydrogen-bond acceptors (Lipinski definition) is 7. The molecule has 0 aromatic heterocycles. The van der Waals surface area contributed by atoms with Crippen molar-refractivity contribution < 1.29 is 33.6 Å². The van der Waals surface area contributed by atoms with Gasteiger partial charge in [-0.25, -0.2) is 0 Å². The van der Waals surface area contributed by atoms with Gasteiger partial charge in [-0.1, -0.05) is 121 Å². The van der Waals surface area contributed by atoms with Gasteiger partial charge in [0.05, 0.1) is 33.0 Å². The zero-order valence-corrected chi connectivity index (χ0v) is 25.5. The molecule has 2 fully saturated rings. The normalized spacial score (nSPS) is 27.7. The summed E-state index contributed by atoms with van der Waals surface area (Å²) in [6.45, 7) is 2.88. The van der Waals surface area contributed by atoms with E-state index in [1.807, 2.05) is 121 Å². The zero-order chi connectivity index (χ0) is 31.1. The highest BCUT2D eigenvalue weighted by atomic mass is 16.6. The van der Waals surface area contributed by atoms with Crippen LogP contribution in [0, 0.1) is 0 Å². The van der Waals surface area contributed by atoms with Crippen molar-refractivity contribution in [1.82, 2.24) is 0 Å². The van der Waals surface area contributed by atoms with Gasteiger partial charge >= 0.3 is 0 Å².